The summed E-state index contributed by atoms with van der Waals surface area (Å²) >= 11 is 1.13. The summed E-state index contributed by atoms with van der Waals surface area (Å²) in [5, 5.41) is 2.76. The van der Waals surface area contributed by atoms with E-state index >= 15 is 0 Å². The van der Waals surface area contributed by atoms with Crippen LogP contribution in [0, 0.1) is 11.6 Å². The smallest absolute Gasteiger partial charge is 0.255 e. The number of nitrogens with one attached hydrogen (secondary N) is 1. The lowest BCUT2D eigenvalue weighted by Crippen LogP contribution is -2.11. The van der Waals surface area contributed by atoms with E-state index in [1.807, 2.05) is 6.07 Å². The van der Waals surface area contributed by atoms with E-state index in [0.717, 1.165) is 23.9 Å². The average Bonchev–Trinajstić information content (AvgIpc) is 2.70. The standard InChI is InChI=1S/C21H15F2NO2S/c22-18-11-10-17(12-19(18)23)27-13-20(25)14-6-8-16(9-7-14)24-21(26)15-4-2-1-3-5-15/h1-12H,13H2,(H,24,26). The zero-order chi connectivity index (χ0) is 19.2. The van der Waals surface area contributed by atoms with Gasteiger partial charge in [0.2, 0.25) is 0 Å². The lowest BCUT2D eigenvalue weighted by atomic mass is 10.1. The van der Waals surface area contributed by atoms with Crippen molar-refractivity contribution in [1.29, 1.82) is 0 Å². The largest absolute Gasteiger partial charge is 0.322 e. The normalized spacial score (nSPS) is 10.4. The Morgan fingerprint density at radius 3 is 2.19 bits per heavy atom. The van der Waals surface area contributed by atoms with Gasteiger partial charge in [0, 0.05) is 21.7 Å². The van der Waals surface area contributed by atoms with Gasteiger partial charge in [-0.3, -0.25) is 9.59 Å². The molecule has 0 aromatic heterocycles. The SMILES string of the molecule is O=C(CSc1ccc(F)c(F)c1)c1ccc(NC(=O)c2ccccc2)cc1. The molecule has 0 saturated carbocycles. The number of hydrogen-bond acceptors (Lipinski definition) is 3. The van der Waals surface area contributed by atoms with Gasteiger partial charge in [0.1, 0.15) is 0 Å². The van der Waals surface area contributed by atoms with Gasteiger partial charge in [-0.15, -0.1) is 11.8 Å². The summed E-state index contributed by atoms with van der Waals surface area (Å²) in [5.74, 6) is -2.14. The molecular weight excluding hydrogens is 368 g/mol. The highest BCUT2D eigenvalue weighted by Gasteiger charge is 2.10. The van der Waals surface area contributed by atoms with Crippen LogP contribution in [0.5, 0.6) is 0 Å². The topological polar surface area (TPSA) is 46.2 Å². The molecule has 0 aliphatic heterocycles. The first kappa shape index (κ1) is 18.8. The zero-order valence-corrected chi connectivity index (χ0v) is 14.9. The Bertz CT molecular complexity index is 960. The lowest BCUT2D eigenvalue weighted by Gasteiger charge is -2.07. The van der Waals surface area contributed by atoms with Gasteiger partial charge in [-0.25, -0.2) is 8.78 Å². The fourth-order valence-corrected chi connectivity index (χ4v) is 3.15. The summed E-state index contributed by atoms with van der Waals surface area (Å²) in [6.07, 6.45) is 0. The van der Waals surface area contributed by atoms with Gasteiger partial charge in [-0.2, -0.15) is 0 Å². The van der Waals surface area contributed by atoms with Crippen molar-refractivity contribution in [3.05, 3.63) is 95.6 Å². The van der Waals surface area contributed by atoms with Crippen molar-refractivity contribution in [2.45, 2.75) is 4.90 Å². The van der Waals surface area contributed by atoms with E-state index in [1.165, 1.54) is 6.07 Å². The third-order valence-corrected chi connectivity index (χ3v) is 4.76. The van der Waals surface area contributed by atoms with Crippen molar-refractivity contribution in [2.24, 2.45) is 0 Å². The van der Waals surface area contributed by atoms with E-state index in [-0.39, 0.29) is 17.4 Å². The predicted octanol–water partition coefficient (Wildman–Crippen LogP) is 5.19. The summed E-state index contributed by atoms with van der Waals surface area (Å²) in [6.45, 7) is 0. The van der Waals surface area contributed by atoms with Gasteiger partial charge in [0.05, 0.1) is 5.75 Å². The Kier molecular flexibility index (Phi) is 5.98. The highest BCUT2D eigenvalue weighted by atomic mass is 32.2. The predicted molar refractivity (Wildman–Crippen MR) is 102 cm³/mol. The quantitative estimate of drug-likeness (QED) is 0.471. The van der Waals surface area contributed by atoms with Gasteiger partial charge in [0.15, 0.2) is 17.4 Å². The number of anilines is 1. The molecule has 0 aliphatic rings. The van der Waals surface area contributed by atoms with E-state index in [9.17, 15) is 18.4 Å². The summed E-state index contributed by atoms with van der Waals surface area (Å²) in [6, 6.07) is 18.9. The second-order valence-electron chi connectivity index (χ2n) is 5.69. The summed E-state index contributed by atoms with van der Waals surface area (Å²) in [4.78, 5) is 24.8. The molecule has 0 heterocycles. The van der Waals surface area contributed by atoms with Gasteiger partial charge in [-0.1, -0.05) is 18.2 Å². The molecule has 0 unspecified atom stereocenters. The van der Waals surface area contributed by atoms with Crippen molar-refractivity contribution in [3.63, 3.8) is 0 Å². The number of ketones is 1. The van der Waals surface area contributed by atoms with E-state index in [1.54, 1.807) is 48.5 Å². The molecule has 0 fully saturated rings. The number of hydrogen-bond donors (Lipinski definition) is 1. The molecule has 1 amide bonds. The van der Waals surface area contributed by atoms with Gasteiger partial charge in [-0.05, 0) is 54.6 Å². The van der Waals surface area contributed by atoms with Crippen LogP contribution >= 0.6 is 11.8 Å². The van der Waals surface area contributed by atoms with E-state index in [4.69, 9.17) is 0 Å². The van der Waals surface area contributed by atoms with Crippen LogP contribution in [0.4, 0.5) is 14.5 Å². The van der Waals surface area contributed by atoms with Gasteiger partial charge in [0.25, 0.3) is 5.91 Å². The number of carbonyl (C=O) groups is 2. The number of thioether (sulfide) groups is 1. The third kappa shape index (κ3) is 5.01. The number of Topliss-reactive ketones (excluding diaryl/α,β-unsaturated/α-hetero) is 1. The zero-order valence-electron chi connectivity index (χ0n) is 14.1. The minimum atomic E-state index is -0.939. The van der Waals surface area contributed by atoms with Crippen molar-refractivity contribution in [2.75, 3.05) is 11.1 Å². The molecule has 1 N–H and O–H groups in total. The number of halogens is 2. The Balaban J connectivity index is 1.58. The summed E-state index contributed by atoms with van der Waals surface area (Å²) < 4.78 is 26.1. The van der Waals surface area contributed by atoms with E-state index in [0.29, 0.717) is 21.7 Å². The van der Waals surface area contributed by atoms with Crippen LogP contribution in [0.3, 0.4) is 0 Å². The monoisotopic (exact) mass is 383 g/mol. The number of carbonyl (C=O) groups excluding carboxylic acids is 2. The van der Waals surface area contributed by atoms with Crippen LogP contribution in [-0.4, -0.2) is 17.4 Å². The fourth-order valence-electron chi connectivity index (χ4n) is 2.33. The van der Waals surface area contributed by atoms with Crippen molar-refractivity contribution in [1.82, 2.24) is 0 Å². The molecule has 0 bridgehead atoms. The second-order valence-corrected chi connectivity index (χ2v) is 6.73. The minimum absolute atomic E-state index is 0.0980. The maximum Gasteiger partial charge on any atom is 0.255 e. The first-order chi connectivity index (χ1) is 13.0. The number of rotatable bonds is 6. The maximum atomic E-state index is 13.2. The van der Waals surface area contributed by atoms with Crippen molar-refractivity contribution < 1.29 is 18.4 Å². The average molecular weight is 383 g/mol. The Hall–Kier alpha value is -2.99. The molecule has 136 valence electrons. The Morgan fingerprint density at radius 1 is 0.815 bits per heavy atom. The van der Waals surface area contributed by atoms with E-state index < -0.39 is 11.6 Å². The molecule has 0 atom stereocenters. The molecule has 3 aromatic rings. The van der Waals surface area contributed by atoms with Gasteiger partial charge >= 0.3 is 0 Å². The second kappa shape index (κ2) is 8.60. The summed E-state index contributed by atoms with van der Waals surface area (Å²) in [7, 11) is 0. The van der Waals surface area contributed by atoms with Crippen molar-refractivity contribution >= 4 is 29.1 Å². The van der Waals surface area contributed by atoms with Crippen LogP contribution < -0.4 is 5.32 Å². The Morgan fingerprint density at radius 2 is 1.52 bits per heavy atom. The van der Waals surface area contributed by atoms with Crippen LogP contribution in [0.15, 0.2) is 77.7 Å². The molecule has 0 saturated heterocycles. The number of amides is 1. The van der Waals surface area contributed by atoms with Crippen molar-refractivity contribution in [3.8, 4) is 0 Å². The molecule has 3 aromatic carbocycles. The lowest BCUT2D eigenvalue weighted by molar-refractivity contribution is 0.101. The van der Waals surface area contributed by atoms with Crippen LogP contribution in [-0.2, 0) is 0 Å². The molecule has 0 radical (unpaired) electrons. The van der Waals surface area contributed by atoms with Crippen LogP contribution in [0.25, 0.3) is 0 Å². The first-order valence-corrected chi connectivity index (χ1v) is 9.09. The molecular formula is C21H15F2NO2S. The highest BCUT2D eigenvalue weighted by molar-refractivity contribution is 8.00. The molecule has 0 spiro atoms. The highest BCUT2D eigenvalue weighted by Crippen LogP contribution is 2.22. The molecule has 6 heteroatoms. The van der Waals surface area contributed by atoms with Crippen LogP contribution in [0.1, 0.15) is 20.7 Å². The molecule has 3 rings (SSSR count). The maximum absolute atomic E-state index is 13.2. The molecule has 27 heavy (non-hydrogen) atoms. The molecule has 0 aliphatic carbocycles. The van der Waals surface area contributed by atoms with Crippen LogP contribution in [0.2, 0.25) is 0 Å². The summed E-state index contributed by atoms with van der Waals surface area (Å²) in [5.41, 5.74) is 1.59. The number of benzene rings is 3. The first-order valence-electron chi connectivity index (χ1n) is 8.10. The minimum Gasteiger partial charge on any atom is -0.322 e. The molecule has 3 nitrogen and oxygen atoms in total. The Labute approximate surface area is 159 Å². The van der Waals surface area contributed by atoms with Gasteiger partial charge < -0.3 is 5.32 Å². The third-order valence-electron chi connectivity index (χ3n) is 3.76. The van der Waals surface area contributed by atoms with E-state index in [2.05, 4.69) is 5.32 Å². The fraction of sp³-hybridized carbons (Fsp3) is 0.0476.